The summed E-state index contributed by atoms with van der Waals surface area (Å²) in [5.41, 5.74) is 10.7. The molecule has 0 fully saturated rings. The van der Waals surface area contributed by atoms with Gasteiger partial charge in [-0.15, -0.1) is 0 Å². The second-order valence-electron chi connectivity index (χ2n) is 12.4. The van der Waals surface area contributed by atoms with E-state index in [1.54, 1.807) is 0 Å². The third kappa shape index (κ3) is 5.51. The molecule has 0 aliphatic carbocycles. The Labute approximate surface area is 264 Å². The van der Waals surface area contributed by atoms with Crippen molar-refractivity contribution in [3.8, 4) is 34.1 Å². The Bertz CT molecular complexity index is 2140. The SMILES string of the molecule is CCc1cc(C)c(-c2cnn(-c3cccc(Oc4ccc5c6ccccc6n(-c6cc(CC(C)C)ccn6)c5c4)c3)c2)c(C)c1. The summed E-state index contributed by atoms with van der Waals surface area (Å²) in [6, 6.07) is 31.8. The Balaban J connectivity index is 1.23. The molecule has 224 valence electrons. The molecule has 3 heterocycles. The van der Waals surface area contributed by atoms with Gasteiger partial charge in [0.1, 0.15) is 17.3 Å². The number of hydrogen-bond acceptors (Lipinski definition) is 3. The van der Waals surface area contributed by atoms with E-state index < -0.39 is 0 Å². The number of ether oxygens (including phenoxy) is 1. The summed E-state index contributed by atoms with van der Waals surface area (Å²) < 4.78 is 10.7. The molecule has 0 amide bonds. The van der Waals surface area contributed by atoms with Gasteiger partial charge in [0.05, 0.1) is 22.9 Å². The van der Waals surface area contributed by atoms with E-state index in [1.807, 2.05) is 41.3 Å². The predicted molar refractivity (Wildman–Crippen MR) is 185 cm³/mol. The van der Waals surface area contributed by atoms with Crippen LogP contribution in [-0.4, -0.2) is 19.3 Å². The van der Waals surface area contributed by atoms with Crippen LogP contribution in [0.2, 0.25) is 0 Å². The number of benzene rings is 4. The number of nitrogens with zero attached hydrogens (tertiary/aromatic N) is 4. The van der Waals surface area contributed by atoms with Gasteiger partial charge in [-0.3, -0.25) is 4.57 Å². The van der Waals surface area contributed by atoms with E-state index in [0.717, 1.165) is 52.4 Å². The van der Waals surface area contributed by atoms with Crippen LogP contribution >= 0.6 is 0 Å². The third-order valence-corrected chi connectivity index (χ3v) is 8.52. The first-order valence-electron chi connectivity index (χ1n) is 15.8. The van der Waals surface area contributed by atoms with Crippen molar-refractivity contribution in [2.45, 2.75) is 47.5 Å². The van der Waals surface area contributed by atoms with Crippen molar-refractivity contribution >= 4 is 21.8 Å². The Morgan fingerprint density at radius 3 is 2.33 bits per heavy atom. The third-order valence-electron chi connectivity index (χ3n) is 8.52. The quantitative estimate of drug-likeness (QED) is 0.177. The predicted octanol–water partition coefficient (Wildman–Crippen LogP) is 10.2. The fourth-order valence-electron chi connectivity index (χ4n) is 6.57. The number of para-hydroxylation sites is 1. The number of hydrogen-bond donors (Lipinski definition) is 0. The Kier molecular flexibility index (Phi) is 7.46. The van der Waals surface area contributed by atoms with Crippen molar-refractivity contribution in [3.63, 3.8) is 0 Å². The second kappa shape index (κ2) is 11.7. The molecule has 4 aromatic carbocycles. The molecule has 0 atom stereocenters. The number of aromatic nitrogens is 4. The lowest BCUT2D eigenvalue weighted by Gasteiger charge is -2.12. The van der Waals surface area contributed by atoms with E-state index >= 15 is 0 Å². The fraction of sp³-hybridized carbons (Fsp3) is 0.200. The van der Waals surface area contributed by atoms with Gasteiger partial charge in [-0.25, -0.2) is 9.67 Å². The van der Waals surface area contributed by atoms with Gasteiger partial charge < -0.3 is 4.74 Å². The molecule has 0 saturated heterocycles. The number of rotatable bonds is 8. The minimum Gasteiger partial charge on any atom is -0.457 e. The van der Waals surface area contributed by atoms with Crippen molar-refractivity contribution in [3.05, 3.63) is 132 Å². The van der Waals surface area contributed by atoms with Crippen molar-refractivity contribution < 1.29 is 4.74 Å². The second-order valence-corrected chi connectivity index (χ2v) is 12.4. The van der Waals surface area contributed by atoms with Gasteiger partial charge in [0.15, 0.2) is 0 Å². The molecule has 7 rings (SSSR count). The van der Waals surface area contributed by atoms with Gasteiger partial charge in [0.2, 0.25) is 0 Å². The Morgan fingerprint density at radius 2 is 1.53 bits per heavy atom. The molecule has 45 heavy (non-hydrogen) atoms. The highest BCUT2D eigenvalue weighted by molar-refractivity contribution is 6.09. The zero-order valence-electron chi connectivity index (χ0n) is 26.6. The van der Waals surface area contributed by atoms with Crippen LogP contribution in [0.3, 0.4) is 0 Å². The van der Waals surface area contributed by atoms with Gasteiger partial charge in [-0.05, 0) is 103 Å². The van der Waals surface area contributed by atoms with Crippen LogP contribution in [0.5, 0.6) is 11.5 Å². The molecule has 3 aromatic heterocycles. The van der Waals surface area contributed by atoms with Gasteiger partial charge in [0, 0.05) is 40.9 Å². The molecule has 0 N–H and O–H groups in total. The molecule has 0 aliphatic heterocycles. The monoisotopic (exact) mass is 590 g/mol. The zero-order chi connectivity index (χ0) is 31.1. The molecule has 0 unspecified atom stereocenters. The summed E-state index contributed by atoms with van der Waals surface area (Å²) in [7, 11) is 0. The van der Waals surface area contributed by atoms with Crippen molar-refractivity contribution in [1.82, 2.24) is 19.3 Å². The Hall–Kier alpha value is -5.16. The van der Waals surface area contributed by atoms with Crippen LogP contribution in [-0.2, 0) is 12.8 Å². The first kappa shape index (κ1) is 28.6. The first-order valence-corrected chi connectivity index (χ1v) is 15.8. The fourth-order valence-corrected chi connectivity index (χ4v) is 6.57. The highest BCUT2D eigenvalue weighted by atomic mass is 16.5. The molecule has 0 radical (unpaired) electrons. The van der Waals surface area contributed by atoms with E-state index in [4.69, 9.17) is 14.8 Å². The lowest BCUT2D eigenvalue weighted by atomic mass is 9.95. The van der Waals surface area contributed by atoms with Gasteiger partial charge >= 0.3 is 0 Å². The average molecular weight is 591 g/mol. The zero-order valence-corrected chi connectivity index (χ0v) is 26.6. The average Bonchev–Trinajstić information content (AvgIpc) is 3.64. The summed E-state index contributed by atoms with van der Waals surface area (Å²) in [5.74, 6) is 3.01. The van der Waals surface area contributed by atoms with Gasteiger partial charge in [0.25, 0.3) is 0 Å². The number of aryl methyl sites for hydroxylation is 3. The molecule has 0 aliphatic rings. The first-order chi connectivity index (χ1) is 21.9. The van der Waals surface area contributed by atoms with Gasteiger partial charge in [-0.2, -0.15) is 5.10 Å². The maximum Gasteiger partial charge on any atom is 0.137 e. The number of fused-ring (bicyclic) bond motifs is 3. The summed E-state index contributed by atoms with van der Waals surface area (Å²) in [4.78, 5) is 4.80. The van der Waals surface area contributed by atoms with E-state index in [1.165, 1.54) is 38.6 Å². The lowest BCUT2D eigenvalue weighted by Crippen LogP contribution is -2.01. The highest BCUT2D eigenvalue weighted by Crippen LogP contribution is 2.36. The van der Waals surface area contributed by atoms with Crippen LogP contribution in [0.25, 0.3) is 44.4 Å². The van der Waals surface area contributed by atoms with Crippen LogP contribution in [0, 0.1) is 19.8 Å². The molecule has 0 bridgehead atoms. The molecular formula is C40H38N4O. The largest absolute Gasteiger partial charge is 0.457 e. The van der Waals surface area contributed by atoms with Crippen LogP contribution in [0.15, 0.2) is 110 Å². The van der Waals surface area contributed by atoms with Crippen molar-refractivity contribution in [2.24, 2.45) is 5.92 Å². The molecule has 5 heteroatoms. The van der Waals surface area contributed by atoms with Gasteiger partial charge in [-0.1, -0.05) is 57.2 Å². The van der Waals surface area contributed by atoms with E-state index in [2.05, 4.69) is 112 Å². The molecule has 5 nitrogen and oxygen atoms in total. The minimum absolute atomic E-state index is 0.572. The highest BCUT2D eigenvalue weighted by Gasteiger charge is 2.15. The summed E-state index contributed by atoms with van der Waals surface area (Å²) >= 11 is 0. The maximum atomic E-state index is 6.49. The number of pyridine rings is 1. The normalized spacial score (nSPS) is 11.6. The standard InChI is InChI=1S/C40H38N4O/c1-6-29-19-27(4)40(28(5)20-29)31-24-42-43(25-31)32-10-9-11-33(22-32)45-34-14-15-36-35-12-7-8-13-37(35)44(38(36)23-34)39-21-30(16-17-41-39)18-26(2)3/h7-17,19-26H,6,18H2,1-5H3. The smallest absolute Gasteiger partial charge is 0.137 e. The van der Waals surface area contributed by atoms with E-state index in [9.17, 15) is 0 Å². The topological polar surface area (TPSA) is 44.9 Å². The summed E-state index contributed by atoms with van der Waals surface area (Å²) in [6.45, 7) is 11.1. The summed E-state index contributed by atoms with van der Waals surface area (Å²) in [6.07, 6.45) is 8.02. The molecule has 7 aromatic rings. The van der Waals surface area contributed by atoms with Crippen LogP contribution in [0.4, 0.5) is 0 Å². The lowest BCUT2D eigenvalue weighted by molar-refractivity contribution is 0.483. The molecular weight excluding hydrogens is 552 g/mol. The van der Waals surface area contributed by atoms with Crippen LogP contribution in [0.1, 0.15) is 43.0 Å². The minimum atomic E-state index is 0.572. The van der Waals surface area contributed by atoms with E-state index in [0.29, 0.717) is 5.92 Å². The van der Waals surface area contributed by atoms with E-state index in [-0.39, 0.29) is 0 Å². The summed E-state index contributed by atoms with van der Waals surface area (Å²) in [5, 5.41) is 7.09. The van der Waals surface area contributed by atoms with Crippen LogP contribution < -0.4 is 4.74 Å². The molecule has 0 spiro atoms. The molecule has 0 saturated carbocycles. The van der Waals surface area contributed by atoms with Crippen molar-refractivity contribution in [1.29, 1.82) is 0 Å². The maximum absolute atomic E-state index is 6.49. The Morgan fingerprint density at radius 1 is 0.756 bits per heavy atom. The van der Waals surface area contributed by atoms with Crippen molar-refractivity contribution in [2.75, 3.05) is 0 Å².